The second-order valence-corrected chi connectivity index (χ2v) is 6.60. The minimum Gasteiger partial charge on any atom is -0.486 e. The molecule has 1 aliphatic heterocycles. The van der Waals surface area contributed by atoms with E-state index in [1.54, 1.807) is 7.11 Å². The van der Waals surface area contributed by atoms with Gasteiger partial charge in [0.1, 0.15) is 19.8 Å². The first kappa shape index (κ1) is 15.3. The zero-order valence-electron chi connectivity index (χ0n) is 13.2. The van der Waals surface area contributed by atoms with Gasteiger partial charge in [0.25, 0.3) is 0 Å². The third-order valence-corrected chi connectivity index (χ3v) is 4.91. The number of nitrogens with one attached hydrogen (secondary N) is 1. The van der Waals surface area contributed by atoms with Crippen LogP contribution in [0.4, 0.5) is 5.13 Å². The van der Waals surface area contributed by atoms with E-state index < -0.39 is 5.41 Å². The first-order valence-electron chi connectivity index (χ1n) is 7.74. The quantitative estimate of drug-likeness (QED) is 0.892. The highest BCUT2D eigenvalue weighted by Gasteiger charge is 2.51. The molecule has 4 rings (SSSR count). The highest BCUT2D eigenvalue weighted by Crippen LogP contribution is 2.50. The van der Waals surface area contributed by atoms with E-state index in [4.69, 9.17) is 14.2 Å². The van der Waals surface area contributed by atoms with Gasteiger partial charge in [0.2, 0.25) is 11.0 Å². The van der Waals surface area contributed by atoms with Gasteiger partial charge in [-0.05, 0) is 30.5 Å². The topological polar surface area (TPSA) is 82.6 Å². The summed E-state index contributed by atoms with van der Waals surface area (Å²) in [6.45, 7) is 1.42. The molecule has 2 aliphatic rings. The second-order valence-electron chi connectivity index (χ2n) is 5.84. The molecule has 0 atom stereocenters. The smallest absolute Gasteiger partial charge is 0.236 e. The SMILES string of the molecule is COCc1nsc(NC(=O)C2(c3ccc4c(c3)OCCO4)CC2)n1. The number of methoxy groups -OCH3 is 1. The summed E-state index contributed by atoms with van der Waals surface area (Å²) in [5, 5.41) is 3.38. The molecule has 0 spiro atoms. The van der Waals surface area contributed by atoms with Gasteiger partial charge >= 0.3 is 0 Å². The number of nitrogens with zero attached hydrogens (tertiary/aromatic N) is 2. The Morgan fingerprint density at radius 2 is 2.12 bits per heavy atom. The van der Waals surface area contributed by atoms with Crippen LogP contribution in [0.15, 0.2) is 18.2 Å². The Morgan fingerprint density at radius 1 is 1.33 bits per heavy atom. The highest BCUT2D eigenvalue weighted by molar-refractivity contribution is 7.09. The van der Waals surface area contributed by atoms with Gasteiger partial charge in [-0.2, -0.15) is 4.37 Å². The molecule has 1 aromatic carbocycles. The van der Waals surface area contributed by atoms with Gasteiger partial charge < -0.3 is 14.2 Å². The number of anilines is 1. The molecule has 7 nitrogen and oxygen atoms in total. The van der Waals surface area contributed by atoms with E-state index in [2.05, 4.69) is 14.7 Å². The molecule has 0 bridgehead atoms. The van der Waals surface area contributed by atoms with Gasteiger partial charge in [-0.15, -0.1) is 0 Å². The van der Waals surface area contributed by atoms with Crippen molar-refractivity contribution in [1.82, 2.24) is 9.36 Å². The van der Waals surface area contributed by atoms with Crippen molar-refractivity contribution >= 4 is 22.6 Å². The molecule has 1 aliphatic carbocycles. The standard InChI is InChI=1S/C16H17N3O4S/c1-21-9-13-17-15(24-19-13)18-14(20)16(4-5-16)10-2-3-11-12(8-10)23-7-6-22-11/h2-3,8H,4-7,9H2,1H3,(H,17,18,19,20). The Labute approximate surface area is 143 Å². The Kier molecular flexibility index (Phi) is 3.85. The number of hydrogen-bond donors (Lipinski definition) is 1. The minimum absolute atomic E-state index is 0.0562. The molecule has 1 aromatic heterocycles. The van der Waals surface area contributed by atoms with Crippen LogP contribution >= 0.6 is 11.5 Å². The monoisotopic (exact) mass is 347 g/mol. The summed E-state index contributed by atoms with van der Waals surface area (Å²) in [5.74, 6) is 1.95. The van der Waals surface area contributed by atoms with Gasteiger partial charge in [-0.1, -0.05) is 6.07 Å². The number of carbonyl (C=O) groups is 1. The Morgan fingerprint density at radius 3 is 2.88 bits per heavy atom. The van der Waals surface area contributed by atoms with Crippen LogP contribution in [0.25, 0.3) is 0 Å². The van der Waals surface area contributed by atoms with Crippen molar-refractivity contribution < 1.29 is 19.0 Å². The molecule has 0 unspecified atom stereocenters. The predicted molar refractivity (Wildman–Crippen MR) is 87.6 cm³/mol. The van der Waals surface area contributed by atoms with Crippen LogP contribution in [-0.2, 0) is 21.6 Å². The van der Waals surface area contributed by atoms with Gasteiger partial charge in [0.05, 0.1) is 5.41 Å². The predicted octanol–water partition coefficient (Wildman–Crippen LogP) is 2.13. The highest BCUT2D eigenvalue weighted by atomic mass is 32.1. The average Bonchev–Trinajstić information content (AvgIpc) is 3.31. The fourth-order valence-electron chi connectivity index (χ4n) is 2.82. The summed E-state index contributed by atoms with van der Waals surface area (Å²) in [7, 11) is 1.58. The van der Waals surface area contributed by atoms with E-state index in [9.17, 15) is 4.79 Å². The summed E-state index contributed by atoms with van der Waals surface area (Å²) in [5.41, 5.74) is 0.439. The lowest BCUT2D eigenvalue weighted by Crippen LogP contribution is -2.28. The van der Waals surface area contributed by atoms with Crippen LogP contribution in [-0.4, -0.2) is 35.6 Å². The van der Waals surface area contributed by atoms with Crippen LogP contribution < -0.4 is 14.8 Å². The molecule has 2 aromatic rings. The number of aromatic nitrogens is 2. The fraction of sp³-hybridized carbons (Fsp3) is 0.438. The first-order chi connectivity index (χ1) is 11.7. The van der Waals surface area contributed by atoms with Crippen LogP contribution in [0.2, 0.25) is 0 Å². The van der Waals surface area contributed by atoms with Gasteiger partial charge in [-0.25, -0.2) is 4.98 Å². The fourth-order valence-corrected chi connectivity index (χ4v) is 3.39. The summed E-state index contributed by atoms with van der Waals surface area (Å²) >= 11 is 1.16. The number of hydrogen-bond acceptors (Lipinski definition) is 7. The summed E-state index contributed by atoms with van der Waals surface area (Å²) in [6.07, 6.45) is 1.62. The lowest BCUT2D eigenvalue weighted by molar-refractivity contribution is -0.118. The third kappa shape index (κ3) is 2.71. The molecule has 2 heterocycles. The van der Waals surface area contributed by atoms with Crippen molar-refractivity contribution in [3.63, 3.8) is 0 Å². The lowest BCUT2D eigenvalue weighted by Gasteiger charge is -2.21. The normalized spacial score (nSPS) is 17.4. The minimum atomic E-state index is -0.511. The maximum Gasteiger partial charge on any atom is 0.236 e. The molecular weight excluding hydrogens is 330 g/mol. The molecule has 0 saturated heterocycles. The number of fused-ring (bicyclic) bond motifs is 1. The van der Waals surface area contributed by atoms with E-state index in [1.807, 2.05) is 18.2 Å². The van der Waals surface area contributed by atoms with E-state index >= 15 is 0 Å². The Balaban J connectivity index is 1.53. The molecule has 1 saturated carbocycles. The summed E-state index contributed by atoms with van der Waals surface area (Å²) in [4.78, 5) is 17.0. The summed E-state index contributed by atoms with van der Waals surface area (Å²) < 4.78 is 20.3. The Bertz CT molecular complexity index is 772. The molecule has 126 valence electrons. The van der Waals surface area contributed by atoms with Gasteiger partial charge in [-0.3, -0.25) is 10.1 Å². The number of amides is 1. The molecule has 24 heavy (non-hydrogen) atoms. The van der Waals surface area contributed by atoms with E-state index in [0.717, 1.165) is 35.7 Å². The van der Waals surface area contributed by atoms with Crippen molar-refractivity contribution in [3.05, 3.63) is 29.6 Å². The van der Waals surface area contributed by atoms with Crippen LogP contribution in [0, 0.1) is 0 Å². The van der Waals surface area contributed by atoms with E-state index in [1.165, 1.54) is 0 Å². The number of ether oxygens (including phenoxy) is 3. The van der Waals surface area contributed by atoms with Gasteiger partial charge in [0.15, 0.2) is 17.3 Å². The molecule has 8 heteroatoms. The van der Waals surface area contributed by atoms with Crippen molar-refractivity contribution in [2.45, 2.75) is 24.9 Å². The largest absolute Gasteiger partial charge is 0.486 e. The number of carbonyl (C=O) groups excluding carboxylic acids is 1. The Hall–Kier alpha value is -2.19. The van der Waals surface area contributed by atoms with Crippen LogP contribution in [0.5, 0.6) is 11.5 Å². The van der Waals surface area contributed by atoms with Crippen LogP contribution in [0.3, 0.4) is 0 Å². The number of rotatable bonds is 5. The lowest BCUT2D eigenvalue weighted by atomic mass is 9.94. The average molecular weight is 347 g/mol. The van der Waals surface area contributed by atoms with Crippen molar-refractivity contribution in [2.24, 2.45) is 0 Å². The van der Waals surface area contributed by atoms with Crippen molar-refractivity contribution in [2.75, 3.05) is 25.6 Å². The third-order valence-electron chi connectivity index (χ3n) is 4.24. The molecule has 0 radical (unpaired) electrons. The zero-order valence-corrected chi connectivity index (χ0v) is 14.0. The van der Waals surface area contributed by atoms with E-state index in [-0.39, 0.29) is 5.91 Å². The molecular formula is C16H17N3O4S. The van der Waals surface area contributed by atoms with Gasteiger partial charge in [0, 0.05) is 18.6 Å². The van der Waals surface area contributed by atoms with Crippen molar-refractivity contribution in [1.29, 1.82) is 0 Å². The van der Waals surface area contributed by atoms with Crippen LogP contribution in [0.1, 0.15) is 24.2 Å². The zero-order chi connectivity index (χ0) is 16.6. The molecule has 1 N–H and O–H groups in total. The maximum absolute atomic E-state index is 12.8. The maximum atomic E-state index is 12.8. The second kappa shape index (κ2) is 6.03. The summed E-state index contributed by atoms with van der Waals surface area (Å²) in [6, 6.07) is 5.73. The molecule has 1 fully saturated rings. The first-order valence-corrected chi connectivity index (χ1v) is 8.52. The van der Waals surface area contributed by atoms with E-state index in [0.29, 0.717) is 36.5 Å². The molecule has 1 amide bonds. The van der Waals surface area contributed by atoms with Crippen molar-refractivity contribution in [3.8, 4) is 11.5 Å². The number of benzene rings is 1.